The molecule has 0 aliphatic rings. The van der Waals surface area contributed by atoms with Crippen molar-refractivity contribution in [3.8, 4) is 0 Å². The van der Waals surface area contributed by atoms with Gasteiger partial charge in [-0.1, -0.05) is 13.3 Å². The van der Waals surface area contributed by atoms with Crippen LogP contribution in [0.3, 0.4) is 0 Å². The smallest absolute Gasteiger partial charge is 0.0547 e. The van der Waals surface area contributed by atoms with Gasteiger partial charge in [0.05, 0.1) is 5.69 Å². The molecular formula is C8H13N3. The third-order valence-corrected chi connectivity index (χ3v) is 1.58. The van der Waals surface area contributed by atoms with Crippen molar-refractivity contribution < 1.29 is 0 Å². The van der Waals surface area contributed by atoms with Gasteiger partial charge in [-0.05, 0) is 18.1 Å². The molecule has 0 atom stereocenters. The van der Waals surface area contributed by atoms with E-state index in [0.717, 1.165) is 18.5 Å². The van der Waals surface area contributed by atoms with Crippen molar-refractivity contribution in [1.82, 2.24) is 4.98 Å². The molecule has 1 aromatic heterocycles. The Morgan fingerprint density at radius 2 is 2.45 bits per heavy atom. The lowest BCUT2D eigenvalue weighted by atomic mass is 10.1. The van der Waals surface area contributed by atoms with Crippen LogP contribution in [0.25, 0.3) is 0 Å². The molecule has 1 aromatic rings. The largest absolute Gasteiger partial charge is 0.324 e. The topological polar surface area (TPSA) is 50.9 Å². The van der Waals surface area contributed by atoms with Gasteiger partial charge in [0, 0.05) is 12.4 Å². The number of hydrogen-bond donors (Lipinski definition) is 2. The maximum Gasteiger partial charge on any atom is 0.0547 e. The molecule has 3 N–H and O–H groups in total. The second-order valence-electron chi connectivity index (χ2n) is 2.43. The van der Waals surface area contributed by atoms with Crippen molar-refractivity contribution >= 4 is 5.69 Å². The monoisotopic (exact) mass is 151 g/mol. The molecule has 0 saturated heterocycles. The van der Waals surface area contributed by atoms with E-state index >= 15 is 0 Å². The summed E-state index contributed by atoms with van der Waals surface area (Å²) in [5, 5.41) is 0. The fourth-order valence-electron chi connectivity index (χ4n) is 1.04. The first-order chi connectivity index (χ1) is 5.38. The summed E-state index contributed by atoms with van der Waals surface area (Å²) in [5.74, 6) is 5.30. The highest BCUT2D eigenvalue weighted by atomic mass is 15.2. The Kier molecular flexibility index (Phi) is 2.86. The Morgan fingerprint density at radius 3 is 3.09 bits per heavy atom. The summed E-state index contributed by atoms with van der Waals surface area (Å²) in [5.41, 5.74) is 4.79. The lowest BCUT2D eigenvalue weighted by Crippen LogP contribution is -2.09. The molecule has 11 heavy (non-hydrogen) atoms. The Bertz CT molecular complexity index is 222. The predicted octanol–water partition coefficient (Wildman–Crippen LogP) is 1.32. The minimum Gasteiger partial charge on any atom is -0.324 e. The van der Waals surface area contributed by atoms with Crippen LogP contribution in [0.4, 0.5) is 5.69 Å². The van der Waals surface area contributed by atoms with Gasteiger partial charge in [0.25, 0.3) is 0 Å². The van der Waals surface area contributed by atoms with Crippen molar-refractivity contribution in [2.45, 2.75) is 19.8 Å². The number of hydrogen-bond acceptors (Lipinski definition) is 3. The number of aromatic nitrogens is 1. The van der Waals surface area contributed by atoms with E-state index in [1.54, 1.807) is 6.20 Å². The summed E-state index contributed by atoms with van der Waals surface area (Å²) in [6.45, 7) is 2.13. The number of nitrogens with zero attached hydrogens (tertiary/aromatic N) is 1. The van der Waals surface area contributed by atoms with E-state index in [1.807, 2.05) is 12.3 Å². The molecule has 0 amide bonds. The van der Waals surface area contributed by atoms with E-state index in [9.17, 15) is 0 Å². The van der Waals surface area contributed by atoms with Gasteiger partial charge in [-0.15, -0.1) is 0 Å². The molecule has 0 unspecified atom stereocenters. The van der Waals surface area contributed by atoms with Crippen LogP contribution in [-0.2, 0) is 6.42 Å². The fourth-order valence-corrected chi connectivity index (χ4v) is 1.04. The molecule has 0 bridgehead atoms. The quantitative estimate of drug-likeness (QED) is 0.506. The molecule has 3 nitrogen and oxygen atoms in total. The summed E-state index contributed by atoms with van der Waals surface area (Å²) in [4.78, 5) is 4.02. The van der Waals surface area contributed by atoms with Gasteiger partial charge in [-0.25, -0.2) is 0 Å². The molecule has 0 saturated carbocycles. The average molecular weight is 151 g/mol. The first kappa shape index (κ1) is 8.01. The average Bonchev–Trinajstić information content (AvgIpc) is 2.06. The van der Waals surface area contributed by atoms with Crippen LogP contribution in [0.5, 0.6) is 0 Å². The highest BCUT2D eigenvalue weighted by Crippen LogP contribution is 2.13. The minimum atomic E-state index is 0.974. The molecule has 0 aliphatic carbocycles. The van der Waals surface area contributed by atoms with Crippen molar-refractivity contribution in [1.29, 1.82) is 0 Å². The Hall–Kier alpha value is -1.09. The summed E-state index contributed by atoms with van der Waals surface area (Å²) < 4.78 is 0. The maximum atomic E-state index is 5.30. The second-order valence-corrected chi connectivity index (χ2v) is 2.43. The van der Waals surface area contributed by atoms with Crippen molar-refractivity contribution in [3.63, 3.8) is 0 Å². The SMILES string of the molecule is CCCc1cnccc1NN. The zero-order valence-electron chi connectivity index (χ0n) is 6.67. The molecule has 1 rings (SSSR count). The van der Waals surface area contributed by atoms with E-state index in [-0.39, 0.29) is 0 Å². The lowest BCUT2D eigenvalue weighted by molar-refractivity contribution is 0.913. The highest BCUT2D eigenvalue weighted by molar-refractivity contribution is 5.48. The fraction of sp³-hybridized carbons (Fsp3) is 0.375. The van der Waals surface area contributed by atoms with Crippen molar-refractivity contribution in [2.24, 2.45) is 5.84 Å². The van der Waals surface area contributed by atoms with Crippen molar-refractivity contribution in [2.75, 3.05) is 5.43 Å². The van der Waals surface area contributed by atoms with Crippen LogP contribution in [0.1, 0.15) is 18.9 Å². The predicted molar refractivity (Wildman–Crippen MR) is 46.0 cm³/mol. The van der Waals surface area contributed by atoms with Crippen LogP contribution in [0.15, 0.2) is 18.5 Å². The zero-order valence-corrected chi connectivity index (χ0v) is 6.67. The Morgan fingerprint density at radius 1 is 1.64 bits per heavy atom. The highest BCUT2D eigenvalue weighted by Gasteiger charge is 1.97. The summed E-state index contributed by atoms with van der Waals surface area (Å²) in [6.07, 6.45) is 5.71. The summed E-state index contributed by atoms with van der Waals surface area (Å²) >= 11 is 0. The first-order valence-corrected chi connectivity index (χ1v) is 3.78. The zero-order chi connectivity index (χ0) is 8.10. The molecule has 0 aromatic carbocycles. The van der Waals surface area contributed by atoms with Gasteiger partial charge in [-0.3, -0.25) is 10.8 Å². The maximum absolute atomic E-state index is 5.30. The van der Waals surface area contributed by atoms with Crippen LogP contribution in [-0.4, -0.2) is 4.98 Å². The molecular weight excluding hydrogens is 138 g/mol. The second kappa shape index (κ2) is 3.93. The molecule has 0 radical (unpaired) electrons. The lowest BCUT2D eigenvalue weighted by Gasteiger charge is -2.05. The molecule has 3 heteroatoms. The molecule has 0 fully saturated rings. The number of nitrogens with one attached hydrogen (secondary N) is 1. The van der Waals surface area contributed by atoms with Gasteiger partial charge >= 0.3 is 0 Å². The standard InChI is InChI=1S/C8H13N3/c1-2-3-7-6-10-5-4-8(7)11-9/h4-6H,2-3,9H2,1H3,(H,10,11). The van der Waals surface area contributed by atoms with Gasteiger partial charge in [0.2, 0.25) is 0 Å². The Labute approximate surface area is 66.6 Å². The van der Waals surface area contributed by atoms with Gasteiger partial charge < -0.3 is 5.43 Å². The number of aryl methyl sites for hydroxylation is 1. The van der Waals surface area contributed by atoms with Gasteiger partial charge in [0.15, 0.2) is 0 Å². The molecule has 0 aliphatic heterocycles. The van der Waals surface area contributed by atoms with Gasteiger partial charge in [0.1, 0.15) is 0 Å². The minimum absolute atomic E-state index is 0.974. The van der Waals surface area contributed by atoms with Crippen LogP contribution < -0.4 is 11.3 Å². The number of hydrazine groups is 1. The third-order valence-electron chi connectivity index (χ3n) is 1.58. The van der Waals surface area contributed by atoms with E-state index in [2.05, 4.69) is 17.3 Å². The molecule has 1 heterocycles. The number of anilines is 1. The first-order valence-electron chi connectivity index (χ1n) is 3.78. The summed E-state index contributed by atoms with van der Waals surface area (Å²) in [6, 6.07) is 1.88. The molecule has 0 spiro atoms. The number of nitrogen functional groups attached to an aromatic ring is 1. The van der Waals surface area contributed by atoms with Crippen LogP contribution in [0, 0.1) is 0 Å². The van der Waals surface area contributed by atoms with E-state index in [0.29, 0.717) is 0 Å². The van der Waals surface area contributed by atoms with Crippen LogP contribution >= 0.6 is 0 Å². The van der Waals surface area contributed by atoms with Crippen molar-refractivity contribution in [3.05, 3.63) is 24.0 Å². The van der Waals surface area contributed by atoms with Crippen LogP contribution in [0.2, 0.25) is 0 Å². The number of rotatable bonds is 3. The normalized spacial score (nSPS) is 9.64. The molecule has 60 valence electrons. The van der Waals surface area contributed by atoms with E-state index in [4.69, 9.17) is 5.84 Å². The number of pyridine rings is 1. The van der Waals surface area contributed by atoms with E-state index < -0.39 is 0 Å². The summed E-state index contributed by atoms with van der Waals surface area (Å²) in [7, 11) is 0. The Balaban J connectivity index is 2.83. The van der Waals surface area contributed by atoms with Gasteiger partial charge in [-0.2, -0.15) is 0 Å². The van der Waals surface area contributed by atoms with E-state index in [1.165, 1.54) is 5.56 Å². The third kappa shape index (κ3) is 1.91. The number of nitrogens with two attached hydrogens (primary N) is 1.